The molecule has 0 aliphatic heterocycles. The number of thiazole rings is 1. The van der Waals surface area contributed by atoms with Crippen LogP contribution in [-0.4, -0.2) is 33.3 Å². The zero-order chi connectivity index (χ0) is 22.3. The first-order valence-electron chi connectivity index (χ1n) is 10.6. The summed E-state index contributed by atoms with van der Waals surface area (Å²) in [6.07, 6.45) is 4.58. The smallest absolute Gasteiger partial charge is 0.132 e. The molecule has 4 aromatic rings. The average Bonchev–Trinajstić information content (AvgIpc) is 3.30. The molecule has 6 nitrogen and oxygen atoms in total. The van der Waals surface area contributed by atoms with Crippen LogP contribution in [0.2, 0.25) is 0 Å². The van der Waals surface area contributed by atoms with E-state index in [1.807, 2.05) is 55.6 Å². The zero-order valence-electron chi connectivity index (χ0n) is 18.2. The van der Waals surface area contributed by atoms with Crippen molar-refractivity contribution in [2.45, 2.75) is 26.2 Å². The zero-order valence-corrected chi connectivity index (χ0v) is 19.0. The fraction of sp³-hybridized carbons (Fsp3) is 0.240. The molecule has 0 amide bonds. The van der Waals surface area contributed by atoms with Crippen LogP contribution >= 0.6 is 11.3 Å². The first-order valence-corrected chi connectivity index (χ1v) is 11.4. The van der Waals surface area contributed by atoms with E-state index >= 15 is 0 Å². The number of nitrogens with one attached hydrogen (secondary N) is 1. The Kier molecular flexibility index (Phi) is 7.09. The van der Waals surface area contributed by atoms with Crippen LogP contribution in [0.3, 0.4) is 0 Å². The summed E-state index contributed by atoms with van der Waals surface area (Å²) in [4.78, 5) is 14.8. The molecule has 0 fully saturated rings. The molecule has 1 unspecified atom stereocenters. The summed E-state index contributed by atoms with van der Waals surface area (Å²) in [6, 6.07) is 17.9. The lowest BCUT2D eigenvalue weighted by Crippen LogP contribution is -2.02. The van der Waals surface area contributed by atoms with Gasteiger partial charge in [0, 0.05) is 18.3 Å². The summed E-state index contributed by atoms with van der Waals surface area (Å²) >= 11 is 1.68. The molecule has 0 spiro atoms. The van der Waals surface area contributed by atoms with Crippen molar-refractivity contribution in [3.63, 3.8) is 0 Å². The minimum absolute atomic E-state index is 0.0157. The number of anilines is 2. The van der Waals surface area contributed by atoms with Crippen molar-refractivity contribution in [3.8, 4) is 16.3 Å². The molecule has 4 rings (SSSR count). The lowest BCUT2D eigenvalue weighted by Gasteiger charge is -2.10. The number of hydrogen-bond acceptors (Lipinski definition) is 7. The van der Waals surface area contributed by atoms with Gasteiger partial charge in [0.05, 0.1) is 22.2 Å². The first kappa shape index (κ1) is 21.9. The Morgan fingerprint density at radius 2 is 1.91 bits per heavy atom. The molecule has 1 atom stereocenters. The van der Waals surface area contributed by atoms with Gasteiger partial charge in [0.25, 0.3) is 0 Å². The molecule has 32 heavy (non-hydrogen) atoms. The molecule has 0 aliphatic carbocycles. The highest BCUT2D eigenvalue weighted by molar-refractivity contribution is 7.15. The van der Waals surface area contributed by atoms with Gasteiger partial charge in [0.1, 0.15) is 24.0 Å². The first-order chi connectivity index (χ1) is 15.6. The van der Waals surface area contributed by atoms with Gasteiger partial charge in [-0.2, -0.15) is 0 Å². The predicted octanol–water partition coefficient (Wildman–Crippen LogP) is 5.37. The Bertz CT molecular complexity index is 1160. The van der Waals surface area contributed by atoms with Gasteiger partial charge in [0.15, 0.2) is 0 Å². The molecule has 0 saturated heterocycles. The van der Waals surface area contributed by atoms with Crippen LogP contribution in [0.1, 0.15) is 29.0 Å². The summed E-state index contributed by atoms with van der Waals surface area (Å²) in [7, 11) is 0. The number of aryl methyl sites for hydroxylation is 1. The van der Waals surface area contributed by atoms with Gasteiger partial charge in [-0.1, -0.05) is 25.1 Å². The Labute approximate surface area is 192 Å². The van der Waals surface area contributed by atoms with E-state index in [1.165, 1.54) is 5.56 Å². The Morgan fingerprint density at radius 3 is 2.69 bits per heavy atom. The second kappa shape index (κ2) is 10.3. The van der Waals surface area contributed by atoms with E-state index in [0.717, 1.165) is 44.9 Å². The van der Waals surface area contributed by atoms with Crippen LogP contribution in [0.15, 0.2) is 67.0 Å². The van der Waals surface area contributed by atoms with Gasteiger partial charge in [-0.05, 0) is 60.9 Å². The van der Waals surface area contributed by atoms with Crippen molar-refractivity contribution in [1.82, 2.24) is 15.0 Å². The predicted molar refractivity (Wildman–Crippen MR) is 129 cm³/mol. The quantitative estimate of drug-likeness (QED) is 0.360. The maximum Gasteiger partial charge on any atom is 0.132 e. The number of aromatic nitrogens is 3. The standard InChI is InChI=1S/C25H26N4O2S/c1-17-10-11-26-24(14-17)29-23-5-3-4-21(28-23)22-16-27-25(32-22)18(2)15-19-6-8-20(9-7-19)31-13-12-30/h3-11,14,16,18,30H,12-13,15H2,1-2H3,(H,26,28,29). The van der Waals surface area contributed by atoms with Gasteiger partial charge >= 0.3 is 0 Å². The molecule has 164 valence electrons. The minimum atomic E-state index is 0.0157. The van der Waals surface area contributed by atoms with E-state index in [9.17, 15) is 0 Å². The molecule has 0 radical (unpaired) electrons. The van der Waals surface area contributed by atoms with E-state index in [4.69, 9.17) is 14.8 Å². The Morgan fingerprint density at radius 1 is 1.06 bits per heavy atom. The normalized spacial score (nSPS) is 11.8. The van der Waals surface area contributed by atoms with Gasteiger partial charge in [-0.3, -0.25) is 0 Å². The lowest BCUT2D eigenvalue weighted by molar-refractivity contribution is 0.201. The van der Waals surface area contributed by atoms with Crippen LogP contribution in [-0.2, 0) is 6.42 Å². The maximum atomic E-state index is 8.86. The second-order valence-electron chi connectivity index (χ2n) is 7.64. The third-order valence-electron chi connectivity index (χ3n) is 4.94. The molecule has 3 aromatic heterocycles. The average molecular weight is 447 g/mol. The monoisotopic (exact) mass is 446 g/mol. The van der Waals surface area contributed by atoms with Crippen LogP contribution in [0.4, 0.5) is 11.6 Å². The van der Waals surface area contributed by atoms with Gasteiger partial charge in [-0.25, -0.2) is 15.0 Å². The van der Waals surface area contributed by atoms with Crippen molar-refractivity contribution in [2.24, 2.45) is 0 Å². The lowest BCUT2D eigenvalue weighted by atomic mass is 10.0. The minimum Gasteiger partial charge on any atom is -0.491 e. The van der Waals surface area contributed by atoms with Gasteiger partial charge in [0.2, 0.25) is 0 Å². The fourth-order valence-corrected chi connectivity index (χ4v) is 4.28. The number of ether oxygens (including phenoxy) is 1. The highest BCUT2D eigenvalue weighted by Gasteiger charge is 2.14. The molecule has 3 heterocycles. The van der Waals surface area contributed by atoms with E-state index in [1.54, 1.807) is 17.5 Å². The van der Waals surface area contributed by atoms with Crippen LogP contribution in [0, 0.1) is 6.92 Å². The maximum absolute atomic E-state index is 8.86. The highest BCUT2D eigenvalue weighted by Crippen LogP contribution is 2.31. The number of nitrogens with zero attached hydrogens (tertiary/aromatic N) is 3. The topological polar surface area (TPSA) is 80.2 Å². The summed E-state index contributed by atoms with van der Waals surface area (Å²) < 4.78 is 5.43. The van der Waals surface area contributed by atoms with Crippen LogP contribution < -0.4 is 10.1 Å². The third-order valence-corrected chi connectivity index (χ3v) is 6.19. The number of pyridine rings is 2. The molecule has 0 bridgehead atoms. The molecular weight excluding hydrogens is 420 g/mol. The Balaban J connectivity index is 1.43. The molecule has 1 aromatic carbocycles. The van der Waals surface area contributed by atoms with Crippen molar-refractivity contribution >= 4 is 23.0 Å². The van der Waals surface area contributed by atoms with E-state index < -0.39 is 0 Å². The summed E-state index contributed by atoms with van der Waals surface area (Å²) in [5.41, 5.74) is 3.26. The molecule has 2 N–H and O–H groups in total. The number of aliphatic hydroxyl groups excluding tert-OH is 1. The largest absolute Gasteiger partial charge is 0.491 e. The summed E-state index contributed by atoms with van der Waals surface area (Å²) in [5, 5.41) is 13.2. The second-order valence-corrected chi connectivity index (χ2v) is 8.70. The molecule has 7 heteroatoms. The number of aliphatic hydroxyl groups is 1. The van der Waals surface area contributed by atoms with Crippen LogP contribution in [0.5, 0.6) is 5.75 Å². The van der Waals surface area contributed by atoms with E-state index in [0.29, 0.717) is 6.61 Å². The number of rotatable bonds is 9. The number of hydrogen-bond donors (Lipinski definition) is 2. The van der Waals surface area contributed by atoms with Crippen molar-refractivity contribution in [1.29, 1.82) is 0 Å². The van der Waals surface area contributed by atoms with Crippen molar-refractivity contribution in [3.05, 3.63) is 83.1 Å². The highest BCUT2D eigenvalue weighted by atomic mass is 32.1. The molecule has 0 aliphatic rings. The Hall–Kier alpha value is -3.29. The fourth-order valence-electron chi connectivity index (χ4n) is 3.34. The number of benzene rings is 1. The molecular formula is C25H26N4O2S. The summed E-state index contributed by atoms with van der Waals surface area (Å²) in [6.45, 7) is 4.55. The van der Waals surface area contributed by atoms with Gasteiger partial charge in [-0.15, -0.1) is 11.3 Å². The van der Waals surface area contributed by atoms with Gasteiger partial charge < -0.3 is 15.2 Å². The van der Waals surface area contributed by atoms with E-state index in [2.05, 4.69) is 34.3 Å². The molecule has 0 saturated carbocycles. The third kappa shape index (κ3) is 5.69. The van der Waals surface area contributed by atoms with E-state index in [-0.39, 0.29) is 12.5 Å². The van der Waals surface area contributed by atoms with Crippen LogP contribution in [0.25, 0.3) is 10.6 Å². The summed E-state index contributed by atoms with van der Waals surface area (Å²) in [5.74, 6) is 2.59. The SMILES string of the molecule is Cc1ccnc(Nc2cccc(-c3cnc(C(C)Cc4ccc(OCCO)cc4)s3)n2)c1. The van der Waals surface area contributed by atoms with Crippen molar-refractivity contribution in [2.75, 3.05) is 18.5 Å². The van der Waals surface area contributed by atoms with Crippen molar-refractivity contribution < 1.29 is 9.84 Å².